The van der Waals surface area contributed by atoms with E-state index in [1.807, 2.05) is 31.2 Å². The van der Waals surface area contributed by atoms with Gasteiger partial charge >= 0.3 is 0 Å². The first kappa shape index (κ1) is 21.7. The van der Waals surface area contributed by atoms with Crippen LogP contribution in [0.5, 0.6) is 5.75 Å². The highest BCUT2D eigenvalue weighted by Gasteiger charge is 2.25. The number of carbonyl (C=O) groups is 1. The maximum absolute atomic E-state index is 12.9. The lowest BCUT2D eigenvalue weighted by molar-refractivity contribution is 0.0950. The molecule has 0 radical (unpaired) electrons. The number of aryl methyl sites for hydroxylation is 1. The molecule has 0 unspecified atom stereocenters. The number of benzene rings is 2. The maximum Gasteiger partial charge on any atom is 0.294 e. The van der Waals surface area contributed by atoms with Crippen molar-refractivity contribution in [3.8, 4) is 22.8 Å². The molecule has 2 heterocycles. The van der Waals surface area contributed by atoms with Gasteiger partial charge in [-0.1, -0.05) is 36.4 Å². The summed E-state index contributed by atoms with van der Waals surface area (Å²) >= 11 is 0. The zero-order valence-corrected chi connectivity index (χ0v) is 18.1. The van der Waals surface area contributed by atoms with Crippen molar-refractivity contribution in [3.05, 3.63) is 65.4 Å². The van der Waals surface area contributed by atoms with Crippen LogP contribution in [0.2, 0.25) is 0 Å². The topological polar surface area (TPSA) is 146 Å². The van der Waals surface area contributed by atoms with Crippen LogP contribution in [-0.4, -0.2) is 44.0 Å². The summed E-state index contributed by atoms with van der Waals surface area (Å²) in [5.41, 5.74) is 11.4. The van der Waals surface area contributed by atoms with Gasteiger partial charge in [-0.3, -0.25) is 4.79 Å². The number of hydrazone groups is 1. The third-order valence-electron chi connectivity index (χ3n) is 4.79. The molecule has 0 saturated heterocycles. The summed E-state index contributed by atoms with van der Waals surface area (Å²) in [5, 5.41) is 19.5. The van der Waals surface area contributed by atoms with Crippen LogP contribution in [-0.2, 0) is 6.42 Å². The number of amides is 1. The van der Waals surface area contributed by atoms with Crippen LogP contribution in [0.1, 0.15) is 35.5 Å². The molecule has 4 aromatic rings. The highest BCUT2D eigenvalue weighted by molar-refractivity contribution is 5.98. The minimum Gasteiger partial charge on any atom is -0.494 e. The lowest BCUT2D eigenvalue weighted by atomic mass is 10.1. The largest absolute Gasteiger partial charge is 0.494 e. The van der Waals surface area contributed by atoms with Crippen LogP contribution in [0, 0.1) is 0 Å². The highest BCUT2D eigenvalue weighted by Crippen LogP contribution is 2.28. The molecule has 1 amide bonds. The Labute approximate surface area is 189 Å². The molecule has 11 nitrogen and oxygen atoms in total. The molecule has 0 fully saturated rings. The van der Waals surface area contributed by atoms with Gasteiger partial charge in [0, 0.05) is 5.56 Å². The van der Waals surface area contributed by atoms with Crippen molar-refractivity contribution < 1.29 is 14.2 Å². The highest BCUT2D eigenvalue weighted by atomic mass is 16.6. The molecule has 168 valence electrons. The zero-order chi connectivity index (χ0) is 23.2. The van der Waals surface area contributed by atoms with Crippen LogP contribution >= 0.6 is 0 Å². The van der Waals surface area contributed by atoms with Crippen LogP contribution in [0.15, 0.2) is 58.3 Å². The van der Waals surface area contributed by atoms with Gasteiger partial charge in [0.2, 0.25) is 11.6 Å². The van der Waals surface area contributed by atoms with Gasteiger partial charge in [0.15, 0.2) is 5.69 Å². The average molecular weight is 446 g/mol. The van der Waals surface area contributed by atoms with Gasteiger partial charge in [0.25, 0.3) is 5.91 Å². The lowest BCUT2D eigenvalue weighted by Gasteiger charge is -2.07. The van der Waals surface area contributed by atoms with E-state index in [0.717, 1.165) is 12.0 Å². The second-order valence-electron chi connectivity index (χ2n) is 6.92. The Kier molecular flexibility index (Phi) is 6.39. The fourth-order valence-corrected chi connectivity index (χ4v) is 3.11. The molecular formula is C22H22N8O3. The molecule has 4 rings (SSSR count). The molecule has 2 aromatic heterocycles. The number of aromatic nitrogens is 5. The van der Waals surface area contributed by atoms with Gasteiger partial charge in [0.05, 0.1) is 12.8 Å². The first-order chi connectivity index (χ1) is 16.1. The minimum absolute atomic E-state index is 0.00703. The van der Waals surface area contributed by atoms with Crippen LogP contribution in [0.4, 0.5) is 5.82 Å². The van der Waals surface area contributed by atoms with Gasteiger partial charge in [-0.25, -0.2) is 10.1 Å². The third-order valence-corrected chi connectivity index (χ3v) is 4.79. The van der Waals surface area contributed by atoms with Crippen molar-refractivity contribution in [2.45, 2.75) is 20.3 Å². The summed E-state index contributed by atoms with van der Waals surface area (Å²) in [5.74, 6) is 0.256. The normalized spacial score (nSPS) is 11.1. The van der Waals surface area contributed by atoms with E-state index in [0.29, 0.717) is 23.6 Å². The standard InChI is InChI=1S/C22H22N8O3/c1-3-14-5-7-15(8-6-14)13-24-26-22(31)18-19(16-9-11-17(12-10-16)32-4-2)30(29-25-18)21-20(23)27-33-28-21/h5-13H,3-4H2,1-2H3,(H2,23,27)(H,26,31). The molecule has 33 heavy (non-hydrogen) atoms. The second-order valence-corrected chi connectivity index (χ2v) is 6.92. The fourth-order valence-electron chi connectivity index (χ4n) is 3.11. The predicted molar refractivity (Wildman–Crippen MR) is 121 cm³/mol. The van der Waals surface area contributed by atoms with Crippen molar-refractivity contribution >= 4 is 17.9 Å². The molecule has 0 saturated carbocycles. The number of hydrogen-bond donors (Lipinski definition) is 2. The fraction of sp³-hybridized carbons (Fsp3) is 0.182. The number of nitrogen functional groups attached to an aromatic ring is 1. The van der Waals surface area contributed by atoms with E-state index in [-0.39, 0.29) is 17.3 Å². The third kappa shape index (κ3) is 4.71. The molecule has 0 aliphatic carbocycles. The molecule has 2 aromatic carbocycles. The minimum atomic E-state index is -0.554. The first-order valence-electron chi connectivity index (χ1n) is 10.3. The predicted octanol–water partition coefficient (Wildman–Crippen LogP) is 2.62. The van der Waals surface area contributed by atoms with Crippen molar-refractivity contribution in [1.29, 1.82) is 0 Å². The summed E-state index contributed by atoms with van der Waals surface area (Å²) in [6.45, 7) is 4.52. The average Bonchev–Trinajstić information content (AvgIpc) is 3.46. The van der Waals surface area contributed by atoms with Gasteiger partial charge in [-0.2, -0.15) is 9.78 Å². The Morgan fingerprint density at radius 2 is 1.91 bits per heavy atom. The van der Waals surface area contributed by atoms with Crippen LogP contribution < -0.4 is 15.9 Å². The van der Waals surface area contributed by atoms with Gasteiger partial charge in [-0.05, 0) is 59.1 Å². The molecule has 3 N–H and O–H groups in total. The Morgan fingerprint density at radius 1 is 1.15 bits per heavy atom. The summed E-state index contributed by atoms with van der Waals surface area (Å²) < 4.78 is 11.5. The van der Waals surface area contributed by atoms with Crippen LogP contribution in [0.25, 0.3) is 17.1 Å². The molecule has 0 bridgehead atoms. The smallest absolute Gasteiger partial charge is 0.294 e. The number of anilines is 1. The van der Waals surface area contributed by atoms with E-state index in [4.69, 9.17) is 10.5 Å². The Bertz CT molecular complexity index is 1260. The van der Waals surface area contributed by atoms with Gasteiger partial charge in [-0.15, -0.1) is 5.10 Å². The molecule has 0 aliphatic rings. The number of nitrogens with zero attached hydrogens (tertiary/aromatic N) is 6. The Hall–Kier alpha value is -4.54. The van der Waals surface area contributed by atoms with Crippen molar-refractivity contribution in [2.75, 3.05) is 12.3 Å². The number of ether oxygens (including phenoxy) is 1. The first-order valence-corrected chi connectivity index (χ1v) is 10.3. The quantitative estimate of drug-likeness (QED) is 0.310. The van der Waals surface area contributed by atoms with Crippen molar-refractivity contribution in [3.63, 3.8) is 0 Å². The number of rotatable bonds is 8. The molecule has 0 aliphatic heterocycles. The maximum atomic E-state index is 12.9. The molecule has 11 heteroatoms. The zero-order valence-electron chi connectivity index (χ0n) is 18.1. The number of nitrogens with two attached hydrogens (primary N) is 1. The van der Waals surface area contributed by atoms with Crippen molar-refractivity contribution in [1.82, 2.24) is 30.7 Å². The van der Waals surface area contributed by atoms with Crippen molar-refractivity contribution in [2.24, 2.45) is 5.10 Å². The molecular weight excluding hydrogens is 424 g/mol. The van der Waals surface area contributed by atoms with Crippen LogP contribution in [0.3, 0.4) is 0 Å². The SMILES string of the molecule is CCOc1ccc(-c2c(C(=O)NN=Cc3ccc(CC)cc3)nnn2-c2nonc2N)cc1. The molecule has 0 spiro atoms. The summed E-state index contributed by atoms with van der Waals surface area (Å²) in [6, 6.07) is 15.0. The summed E-state index contributed by atoms with van der Waals surface area (Å²) in [6.07, 6.45) is 2.50. The van der Waals surface area contributed by atoms with E-state index < -0.39 is 5.91 Å². The van der Waals surface area contributed by atoms with E-state index in [1.165, 1.54) is 10.2 Å². The lowest BCUT2D eigenvalue weighted by Crippen LogP contribution is -2.19. The van der Waals surface area contributed by atoms with Gasteiger partial charge < -0.3 is 10.5 Å². The number of carbonyl (C=O) groups excluding carboxylic acids is 1. The summed E-state index contributed by atoms with van der Waals surface area (Å²) in [4.78, 5) is 12.9. The Morgan fingerprint density at radius 3 is 2.55 bits per heavy atom. The monoisotopic (exact) mass is 446 g/mol. The molecule has 0 atom stereocenters. The second kappa shape index (κ2) is 9.73. The van der Waals surface area contributed by atoms with E-state index in [1.54, 1.807) is 30.5 Å². The Balaban J connectivity index is 1.64. The van der Waals surface area contributed by atoms with E-state index in [2.05, 4.69) is 42.7 Å². The van der Waals surface area contributed by atoms with E-state index in [9.17, 15) is 4.79 Å². The van der Waals surface area contributed by atoms with Gasteiger partial charge in [0.1, 0.15) is 11.4 Å². The number of nitrogens with one attached hydrogen (secondary N) is 1. The number of hydrogen-bond acceptors (Lipinski definition) is 9. The van der Waals surface area contributed by atoms with E-state index >= 15 is 0 Å². The summed E-state index contributed by atoms with van der Waals surface area (Å²) in [7, 11) is 0.